The zero-order valence-electron chi connectivity index (χ0n) is 13.9. The van der Waals surface area contributed by atoms with Crippen molar-refractivity contribution in [1.29, 1.82) is 0 Å². The third-order valence-corrected chi connectivity index (χ3v) is 7.96. The predicted molar refractivity (Wildman–Crippen MR) is 95.1 cm³/mol. The van der Waals surface area contributed by atoms with Gasteiger partial charge in [0.2, 0.25) is 0 Å². The van der Waals surface area contributed by atoms with E-state index in [0.29, 0.717) is 5.56 Å². The first kappa shape index (κ1) is 20.0. The van der Waals surface area contributed by atoms with Crippen LogP contribution in [0.3, 0.4) is 0 Å². The summed E-state index contributed by atoms with van der Waals surface area (Å²) in [5.41, 5.74) is 3.60. The number of nitro groups is 1. The van der Waals surface area contributed by atoms with Gasteiger partial charge in [-0.05, 0) is 31.5 Å². The van der Waals surface area contributed by atoms with Gasteiger partial charge >= 0.3 is 9.06 Å². The van der Waals surface area contributed by atoms with Gasteiger partial charge in [0.1, 0.15) is 0 Å². The molecule has 0 aromatic heterocycles. The third-order valence-electron chi connectivity index (χ3n) is 3.60. The summed E-state index contributed by atoms with van der Waals surface area (Å²) in [6, 6.07) is 10.2. The lowest BCUT2D eigenvalue weighted by Gasteiger charge is -2.15. The van der Waals surface area contributed by atoms with E-state index in [0.717, 1.165) is 5.56 Å². The van der Waals surface area contributed by atoms with Crippen LogP contribution in [-0.2, 0) is 17.9 Å². The fraction of sp³-hybridized carbons (Fsp3) is 0.200. The fourth-order valence-corrected chi connectivity index (χ4v) is 4.74. The summed E-state index contributed by atoms with van der Waals surface area (Å²) in [4.78, 5) is 11.6. The molecule has 0 saturated carbocycles. The molecule has 1 unspecified atom stereocenters. The Morgan fingerprint density at radius 3 is 2.00 bits per heavy atom. The van der Waals surface area contributed by atoms with Gasteiger partial charge in [-0.1, -0.05) is 29.8 Å². The van der Waals surface area contributed by atoms with Crippen molar-refractivity contribution >= 4 is 23.6 Å². The van der Waals surface area contributed by atoms with Gasteiger partial charge in [0, 0.05) is 18.2 Å². The number of nitrogens with one attached hydrogen (secondary N) is 2. The van der Waals surface area contributed by atoms with Crippen LogP contribution in [0.1, 0.15) is 24.1 Å². The second-order valence-electron chi connectivity index (χ2n) is 5.54. The van der Waals surface area contributed by atoms with Crippen LogP contribution in [0.15, 0.2) is 53.4 Å². The van der Waals surface area contributed by atoms with E-state index in [-0.39, 0.29) is 10.6 Å². The van der Waals surface area contributed by atoms with Crippen LogP contribution in [0.25, 0.3) is 0 Å². The Hall–Kier alpha value is -2.34. The Kier molecular flexibility index (Phi) is 5.76. The number of nitro benzene ring substituents is 1. The van der Waals surface area contributed by atoms with Crippen molar-refractivity contribution in [3.05, 3.63) is 69.8 Å². The molecule has 9 nitrogen and oxygen atoms in total. The van der Waals surface area contributed by atoms with Crippen molar-refractivity contribution < 1.29 is 21.8 Å². The highest BCUT2D eigenvalue weighted by Gasteiger charge is 2.32. The Morgan fingerprint density at radius 2 is 1.50 bits per heavy atom. The quantitative estimate of drug-likeness (QED) is 0.411. The number of hydrazine groups is 1. The summed E-state index contributed by atoms with van der Waals surface area (Å²) < 4.78 is 48.9. The minimum Gasteiger partial charge on any atom is -0.258 e. The molecule has 0 spiro atoms. The highest BCUT2D eigenvalue weighted by molar-refractivity contribution is 8.66. The maximum Gasteiger partial charge on any atom is 0.334 e. The summed E-state index contributed by atoms with van der Waals surface area (Å²) in [5.74, 6) is 0. The van der Waals surface area contributed by atoms with Crippen molar-refractivity contribution in [1.82, 2.24) is 10.3 Å². The zero-order chi connectivity index (χ0) is 19.5. The second-order valence-corrected chi connectivity index (χ2v) is 10.7. The van der Waals surface area contributed by atoms with E-state index in [4.69, 9.17) is 0 Å². The van der Waals surface area contributed by atoms with Crippen LogP contribution >= 0.6 is 0 Å². The van der Waals surface area contributed by atoms with Crippen LogP contribution < -0.4 is 10.3 Å². The average molecular weight is 399 g/mol. The van der Waals surface area contributed by atoms with Gasteiger partial charge in [0.05, 0.1) is 9.82 Å². The van der Waals surface area contributed by atoms with E-state index >= 15 is 0 Å². The molecule has 0 bridgehead atoms. The number of benzene rings is 2. The van der Waals surface area contributed by atoms with Gasteiger partial charge in [-0.15, -0.1) is 4.83 Å². The first-order chi connectivity index (χ1) is 12.0. The first-order valence-corrected chi connectivity index (χ1v) is 10.9. The summed E-state index contributed by atoms with van der Waals surface area (Å²) in [5, 5.41) is 10.6. The van der Waals surface area contributed by atoms with Crippen LogP contribution in [0.2, 0.25) is 0 Å². The molecule has 2 aromatic rings. The van der Waals surface area contributed by atoms with E-state index in [1.807, 2.05) is 4.83 Å². The lowest BCUT2D eigenvalue weighted by molar-refractivity contribution is -0.384. The van der Waals surface area contributed by atoms with Crippen molar-refractivity contribution in [2.45, 2.75) is 24.8 Å². The maximum atomic E-state index is 12.3. The molecule has 11 heteroatoms. The minimum absolute atomic E-state index is 0.108. The molecule has 0 aliphatic rings. The van der Waals surface area contributed by atoms with Gasteiger partial charge in [0.15, 0.2) is 0 Å². The Labute approximate surface area is 150 Å². The summed E-state index contributed by atoms with van der Waals surface area (Å²) in [6.07, 6.45) is 0. The van der Waals surface area contributed by atoms with Crippen molar-refractivity contribution in [2.24, 2.45) is 0 Å². The van der Waals surface area contributed by atoms with Crippen molar-refractivity contribution in [2.75, 3.05) is 0 Å². The topological polar surface area (TPSA) is 135 Å². The minimum atomic E-state index is -4.75. The summed E-state index contributed by atoms with van der Waals surface area (Å²) in [6.45, 7) is 3.32. The smallest absolute Gasteiger partial charge is 0.258 e. The van der Waals surface area contributed by atoms with E-state index in [9.17, 15) is 26.9 Å². The summed E-state index contributed by atoms with van der Waals surface area (Å²) >= 11 is 0. The van der Waals surface area contributed by atoms with Crippen molar-refractivity contribution in [3.63, 3.8) is 0 Å². The van der Waals surface area contributed by atoms with E-state index in [2.05, 4.69) is 5.43 Å². The number of hydrogen-bond acceptors (Lipinski definition) is 7. The lowest BCUT2D eigenvalue weighted by Crippen LogP contribution is -2.42. The van der Waals surface area contributed by atoms with Gasteiger partial charge in [-0.2, -0.15) is 8.42 Å². The highest BCUT2D eigenvalue weighted by Crippen LogP contribution is 2.19. The van der Waals surface area contributed by atoms with Crippen LogP contribution in [-0.4, -0.2) is 21.8 Å². The highest BCUT2D eigenvalue weighted by atomic mass is 33.2. The van der Waals surface area contributed by atoms with Crippen LogP contribution in [0, 0.1) is 17.0 Å². The van der Waals surface area contributed by atoms with E-state index < -0.39 is 28.9 Å². The monoisotopic (exact) mass is 399 g/mol. The van der Waals surface area contributed by atoms with Crippen LogP contribution in [0.4, 0.5) is 5.69 Å². The Morgan fingerprint density at radius 1 is 0.962 bits per heavy atom. The molecule has 0 saturated heterocycles. The molecular formula is C15H17N3O6S2. The van der Waals surface area contributed by atoms with Gasteiger partial charge < -0.3 is 0 Å². The van der Waals surface area contributed by atoms with Gasteiger partial charge in [0.25, 0.3) is 14.6 Å². The molecule has 26 heavy (non-hydrogen) atoms. The normalized spacial score (nSPS) is 13.3. The molecule has 0 aliphatic carbocycles. The maximum absolute atomic E-state index is 12.3. The van der Waals surface area contributed by atoms with Crippen LogP contribution in [0.5, 0.6) is 0 Å². The molecule has 140 valence electrons. The molecular weight excluding hydrogens is 382 g/mol. The Balaban J connectivity index is 2.13. The number of non-ortho nitro benzene ring substituents is 1. The fourth-order valence-electron chi connectivity index (χ4n) is 2.02. The predicted octanol–water partition coefficient (Wildman–Crippen LogP) is 1.78. The van der Waals surface area contributed by atoms with E-state index in [1.54, 1.807) is 13.8 Å². The van der Waals surface area contributed by atoms with Crippen molar-refractivity contribution in [3.8, 4) is 0 Å². The van der Waals surface area contributed by atoms with E-state index in [1.165, 1.54) is 48.5 Å². The molecule has 0 amide bonds. The SMILES string of the molecule is Cc1ccc(S(=O)(=O)S(=O)(=O)NNC(C)c2ccc([N+](=O)[O-])cc2)cc1. The number of hydrogen-bond donors (Lipinski definition) is 2. The van der Waals surface area contributed by atoms with Gasteiger partial charge in [-0.25, -0.2) is 13.8 Å². The molecule has 0 heterocycles. The molecule has 2 aromatic carbocycles. The molecule has 0 aliphatic heterocycles. The summed E-state index contributed by atoms with van der Waals surface area (Å²) in [7, 11) is -9.39. The molecule has 2 rings (SSSR count). The largest absolute Gasteiger partial charge is 0.334 e. The lowest BCUT2D eigenvalue weighted by atomic mass is 10.1. The Bertz CT molecular complexity index is 1000. The average Bonchev–Trinajstić information content (AvgIpc) is 2.60. The molecule has 0 radical (unpaired) electrons. The first-order valence-electron chi connectivity index (χ1n) is 7.38. The number of aryl methyl sites for hydroxylation is 1. The molecule has 2 N–H and O–H groups in total. The zero-order valence-corrected chi connectivity index (χ0v) is 15.5. The molecule has 1 atom stereocenters. The molecule has 0 fully saturated rings. The number of nitrogens with zero attached hydrogens (tertiary/aromatic N) is 1. The van der Waals surface area contributed by atoms with Gasteiger partial charge in [-0.3, -0.25) is 10.1 Å². The number of rotatable bonds is 7. The standard InChI is InChI=1S/C15H17N3O6S2/c1-11-3-9-15(10-4-11)25(21,22)26(23,24)17-16-12(2)13-5-7-14(8-6-13)18(19)20/h3-10,12,16-17H,1-2H3. The second kappa shape index (κ2) is 7.50. The third kappa shape index (κ3) is 4.25.